The highest BCUT2D eigenvalue weighted by molar-refractivity contribution is 5.99. The summed E-state index contributed by atoms with van der Waals surface area (Å²) in [6, 6.07) is 7.81. The van der Waals surface area contributed by atoms with Gasteiger partial charge in [-0.15, -0.1) is 0 Å². The lowest BCUT2D eigenvalue weighted by Gasteiger charge is -2.09. The van der Waals surface area contributed by atoms with Crippen LogP contribution in [0.1, 0.15) is 36.2 Å². The van der Waals surface area contributed by atoms with Crippen molar-refractivity contribution in [2.75, 3.05) is 7.05 Å². The molecule has 1 rings (SSSR count). The predicted molar refractivity (Wildman–Crippen MR) is 63.3 cm³/mol. The molecule has 1 aromatic carbocycles. The van der Waals surface area contributed by atoms with E-state index < -0.39 is 0 Å². The average Bonchev–Trinajstić information content (AvgIpc) is 2.28. The largest absolute Gasteiger partial charge is 0.310 e. The number of carbonyl (C=O) groups excluding carboxylic acids is 1. The molecule has 0 aliphatic rings. The molecule has 15 heavy (non-hydrogen) atoms. The first-order chi connectivity index (χ1) is 7.19. The number of benzene rings is 1. The van der Waals surface area contributed by atoms with Crippen LogP contribution in [-0.4, -0.2) is 18.9 Å². The zero-order chi connectivity index (χ0) is 11.3. The molecule has 0 aliphatic carbocycles. The van der Waals surface area contributed by atoms with Crippen molar-refractivity contribution in [1.82, 2.24) is 5.32 Å². The Bertz CT molecular complexity index is 333. The summed E-state index contributed by atoms with van der Waals surface area (Å²) in [6.45, 7) is 4.03. The van der Waals surface area contributed by atoms with Gasteiger partial charge in [0.05, 0.1) is 6.04 Å². The standard InChI is InChI=1S/C13H19NO/c1-4-6-11-7-5-8-12(9-11)13(15)10(2)14-3/h5,7-10,14H,4,6H2,1-3H3. The lowest BCUT2D eigenvalue weighted by Crippen LogP contribution is -2.30. The molecule has 2 heteroatoms. The highest BCUT2D eigenvalue weighted by Gasteiger charge is 2.12. The van der Waals surface area contributed by atoms with Gasteiger partial charge in [-0.1, -0.05) is 31.5 Å². The van der Waals surface area contributed by atoms with E-state index in [1.54, 1.807) is 7.05 Å². The lowest BCUT2D eigenvalue weighted by molar-refractivity contribution is 0.0955. The normalized spacial score (nSPS) is 12.5. The minimum absolute atomic E-state index is 0.109. The van der Waals surface area contributed by atoms with Crippen molar-refractivity contribution in [3.8, 4) is 0 Å². The molecule has 0 bridgehead atoms. The first-order valence-corrected chi connectivity index (χ1v) is 5.49. The summed E-state index contributed by atoms with van der Waals surface area (Å²) in [7, 11) is 1.80. The fraction of sp³-hybridized carbons (Fsp3) is 0.462. The van der Waals surface area contributed by atoms with Crippen LogP contribution in [0.25, 0.3) is 0 Å². The van der Waals surface area contributed by atoms with Gasteiger partial charge in [0.2, 0.25) is 0 Å². The summed E-state index contributed by atoms with van der Waals surface area (Å²) < 4.78 is 0. The maximum atomic E-state index is 11.9. The average molecular weight is 205 g/mol. The van der Waals surface area contributed by atoms with Crippen molar-refractivity contribution >= 4 is 5.78 Å². The minimum atomic E-state index is -0.109. The Balaban J connectivity index is 2.85. The first kappa shape index (κ1) is 11.9. The van der Waals surface area contributed by atoms with E-state index in [0.29, 0.717) is 0 Å². The second kappa shape index (κ2) is 5.66. The molecule has 0 spiro atoms. The highest BCUT2D eigenvalue weighted by atomic mass is 16.1. The van der Waals surface area contributed by atoms with E-state index in [4.69, 9.17) is 0 Å². The Morgan fingerprint density at radius 3 is 2.80 bits per heavy atom. The Hall–Kier alpha value is -1.15. The lowest BCUT2D eigenvalue weighted by atomic mass is 10.0. The van der Waals surface area contributed by atoms with E-state index in [2.05, 4.69) is 18.3 Å². The van der Waals surface area contributed by atoms with Crippen molar-refractivity contribution in [2.24, 2.45) is 0 Å². The van der Waals surface area contributed by atoms with Gasteiger partial charge in [0.1, 0.15) is 0 Å². The van der Waals surface area contributed by atoms with E-state index in [-0.39, 0.29) is 11.8 Å². The summed E-state index contributed by atoms with van der Waals surface area (Å²) in [4.78, 5) is 11.9. The SMILES string of the molecule is CCCc1cccc(C(=O)C(C)NC)c1. The smallest absolute Gasteiger partial charge is 0.179 e. The van der Waals surface area contributed by atoms with Gasteiger partial charge >= 0.3 is 0 Å². The van der Waals surface area contributed by atoms with Crippen LogP contribution in [0.2, 0.25) is 0 Å². The topological polar surface area (TPSA) is 29.1 Å². The van der Waals surface area contributed by atoms with E-state index in [1.165, 1.54) is 5.56 Å². The minimum Gasteiger partial charge on any atom is -0.310 e. The van der Waals surface area contributed by atoms with Gasteiger partial charge in [-0.2, -0.15) is 0 Å². The fourth-order valence-electron chi connectivity index (χ4n) is 1.55. The molecule has 0 saturated heterocycles. The van der Waals surface area contributed by atoms with Gasteiger partial charge < -0.3 is 5.32 Å². The van der Waals surface area contributed by atoms with Gasteiger partial charge in [0, 0.05) is 5.56 Å². The third kappa shape index (κ3) is 3.17. The van der Waals surface area contributed by atoms with Gasteiger partial charge in [-0.25, -0.2) is 0 Å². The van der Waals surface area contributed by atoms with Crippen LogP contribution in [0.4, 0.5) is 0 Å². The summed E-state index contributed by atoms with van der Waals surface area (Å²) >= 11 is 0. The van der Waals surface area contributed by atoms with Crippen LogP contribution in [0.5, 0.6) is 0 Å². The molecule has 1 N–H and O–H groups in total. The Morgan fingerprint density at radius 2 is 2.20 bits per heavy atom. The number of rotatable bonds is 5. The summed E-state index contributed by atoms with van der Waals surface area (Å²) in [5.41, 5.74) is 2.05. The van der Waals surface area contributed by atoms with Crippen LogP contribution in [0, 0.1) is 0 Å². The van der Waals surface area contributed by atoms with Gasteiger partial charge in [-0.05, 0) is 32.0 Å². The molecule has 0 amide bonds. The van der Waals surface area contributed by atoms with Crippen LogP contribution >= 0.6 is 0 Å². The van der Waals surface area contributed by atoms with Gasteiger partial charge in [0.15, 0.2) is 5.78 Å². The van der Waals surface area contributed by atoms with Crippen molar-refractivity contribution in [2.45, 2.75) is 32.7 Å². The number of aryl methyl sites for hydroxylation is 1. The van der Waals surface area contributed by atoms with Crippen LogP contribution in [0.3, 0.4) is 0 Å². The molecule has 1 atom stereocenters. The Morgan fingerprint density at radius 1 is 1.47 bits per heavy atom. The molecule has 0 aliphatic heterocycles. The molecule has 82 valence electrons. The monoisotopic (exact) mass is 205 g/mol. The van der Waals surface area contributed by atoms with Crippen LogP contribution in [-0.2, 0) is 6.42 Å². The summed E-state index contributed by atoms with van der Waals surface area (Å²) in [5.74, 6) is 0.162. The Labute approximate surface area is 91.7 Å². The third-order valence-corrected chi connectivity index (χ3v) is 2.58. The number of Topliss-reactive ketones (excluding diaryl/α,β-unsaturated/α-hetero) is 1. The first-order valence-electron chi connectivity index (χ1n) is 5.49. The molecular formula is C13H19NO. The molecule has 2 nitrogen and oxygen atoms in total. The second-order valence-corrected chi connectivity index (χ2v) is 3.82. The molecule has 1 aromatic rings. The summed E-state index contributed by atoms with van der Waals surface area (Å²) in [6.07, 6.45) is 2.15. The fourth-order valence-corrected chi connectivity index (χ4v) is 1.55. The molecule has 0 fully saturated rings. The predicted octanol–water partition coefficient (Wildman–Crippen LogP) is 2.43. The number of likely N-dealkylation sites (N-methyl/N-ethyl adjacent to an activating group) is 1. The number of nitrogens with one attached hydrogen (secondary N) is 1. The Kier molecular flexibility index (Phi) is 4.50. The third-order valence-electron chi connectivity index (χ3n) is 2.58. The maximum Gasteiger partial charge on any atom is 0.179 e. The highest BCUT2D eigenvalue weighted by Crippen LogP contribution is 2.09. The zero-order valence-electron chi connectivity index (χ0n) is 9.71. The molecular weight excluding hydrogens is 186 g/mol. The van der Waals surface area contributed by atoms with Crippen LogP contribution in [0.15, 0.2) is 24.3 Å². The summed E-state index contributed by atoms with van der Waals surface area (Å²) in [5, 5.41) is 2.97. The van der Waals surface area contributed by atoms with Crippen molar-refractivity contribution in [1.29, 1.82) is 0 Å². The molecule has 0 heterocycles. The van der Waals surface area contributed by atoms with E-state index >= 15 is 0 Å². The zero-order valence-corrected chi connectivity index (χ0v) is 9.71. The number of carbonyl (C=O) groups is 1. The van der Waals surface area contributed by atoms with E-state index in [0.717, 1.165) is 18.4 Å². The molecule has 0 saturated carbocycles. The van der Waals surface area contributed by atoms with Crippen LogP contribution < -0.4 is 5.32 Å². The molecule has 1 unspecified atom stereocenters. The number of hydrogen-bond donors (Lipinski definition) is 1. The number of ketones is 1. The maximum absolute atomic E-state index is 11.9. The van der Waals surface area contributed by atoms with Crippen molar-refractivity contribution in [3.63, 3.8) is 0 Å². The molecule has 0 aromatic heterocycles. The van der Waals surface area contributed by atoms with E-state index in [9.17, 15) is 4.79 Å². The number of hydrogen-bond acceptors (Lipinski definition) is 2. The molecule has 0 radical (unpaired) electrons. The van der Waals surface area contributed by atoms with Crippen molar-refractivity contribution < 1.29 is 4.79 Å². The van der Waals surface area contributed by atoms with Gasteiger partial charge in [-0.3, -0.25) is 4.79 Å². The van der Waals surface area contributed by atoms with Gasteiger partial charge in [0.25, 0.3) is 0 Å². The van der Waals surface area contributed by atoms with Crippen molar-refractivity contribution in [3.05, 3.63) is 35.4 Å². The van der Waals surface area contributed by atoms with E-state index in [1.807, 2.05) is 25.1 Å². The second-order valence-electron chi connectivity index (χ2n) is 3.82. The quantitative estimate of drug-likeness (QED) is 0.748.